The Kier molecular flexibility index (Phi) is 3.54. The first kappa shape index (κ1) is 14.8. The van der Waals surface area contributed by atoms with Gasteiger partial charge in [-0.3, -0.25) is 14.4 Å². The smallest absolute Gasteiger partial charge is 0.318 e. The van der Waals surface area contributed by atoms with Crippen LogP contribution >= 0.6 is 0 Å². The predicted octanol–water partition coefficient (Wildman–Crippen LogP) is 1.51. The fourth-order valence-electron chi connectivity index (χ4n) is 4.14. The van der Waals surface area contributed by atoms with Gasteiger partial charge < -0.3 is 14.2 Å². The van der Waals surface area contributed by atoms with E-state index in [-0.39, 0.29) is 5.78 Å². The summed E-state index contributed by atoms with van der Waals surface area (Å²) in [4.78, 5) is 37.8. The maximum Gasteiger partial charge on any atom is 0.318 e. The summed E-state index contributed by atoms with van der Waals surface area (Å²) in [5, 5.41) is 0. The van der Waals surface area contributed by atoms with E-state index < -0.39 is 29.2 Å². The average molecular weight is 306 g/mol. The van der Waals surface area contributed by atoms with Gasteiger partial charge in [0.15, 0.2) is 0 Å². The topological polar surface area (TPSA) is 78.9 Å². The van der Waals surface area contributed by atoms with Gasteiger partial charge in [-0.1, -0.05) is 0 Å². The summed E-state index contributed by atoms with van der Waals surface area (Å²) in [6.07, 6.45) is 4.67. The number of rotatable bonds is 2. The Labute approximate surface area is 128 Å². The third-order valence-electron chi connectivity index (χ3n) is 5.05. The Balaban J connectivity index is 2.29. The molecule has 0 aromatic rings. The zero-order valence-corrected chi connectivity index (χ0v) is 12.6. The van der Waals surface area contributed by atoms with Gasteiger partial charge in [-0.05, 0) is 30.4 Å². The molecule has 0 N–H and O–H groups in total. The van der Waals surface area contributed by atoms with Gasteiger partial charge in [-0.2, -0.15) is 0 Å². The average Bonchev–Trinajstić information content (AvgIpc) is 2.74. The van der Waals surface area contributed by atoms with E-state index in [1.807, 2.05) is 0 Å². The van der Waals surface area contributed by atoms with E-state index in [1.165, 1.54) is 26.7 Å². The zero-order valence-electron chi connectivity index (χ0n) is 12.6. The number of hydrogen-bond acceptors (Lipinski definition) is 6. The number of carbonyl (C=O) groups excluding carboxylic acids is 3. The van der Waals surface area contributed by atoms with Crippen LogP contribution in [0.1, 0.15) is 25.7 Å². The van der Waals surface area contributed by atoms with Crippen LogP contribution in [-0.4, -0.2) is 31.9 Å². The Bertz CT molecular complexity index is 602. The minimum absolute atomic E-state index is 0.00648. The molecule has 0 radical (unpaired) electrons. The predicted molar refractivity (Wildman–Crippen MR) is 74.2 cm³/mol. The molecular formula is C16H18O6. The molecule has 3 rings (SSSR count). The van der Waals surface area contributed by atoms with Crippen LogP contribution in [0.2, 0.25) is 0 Å². The fraction of sp³-hybridized carbons (Fsp3) is 0.562. The van der Waals surface area contributed by atoms with E-state index in [2.05, 4.69) is 0 Å². The summed E-state index contributed by atoms with van der Waals surface area (Å²) in [5.41, 5.74) is -0.0694. The number of ketones is 1. The van der Waals surface area contributed by atoms with Gasteiger partial charge in [0.25, 0.3) is 0 Å². The minimum atomic E-state index is -1.32. The summed E-state index contributed by atoms with van der Waals surface area (Å²) >= 11 is 0. The van der Waals surface area contributed by atoms with Crippen molar-refractivity contribution in [1.29, 1.82) is 0 Å². The van der Waals surface area contributed by atoms with Crippen molar-refractivity contribution in [3.8, 4) is 0 Å². The second-order valence-electron chi connectivity index (χ2n) is 5.85. The first-order valence-corrected chi connectivity index (χ1v) is 7.30. The third-order valence-corrected chi connectivity index (χ3v) is 5.05. The van der Waals surface area contributed by atoms with E-state index in [4.69, 9.17) is 14.2 Å². The molecule has 1 aliphatic heterocycles. The molecule has 0 unspecified atom stereocenters. The minimum Gasteiger partial charge on any atom is -0.473 e. The van der Waals surface area contributed by atoms with Crippen LogP contribution in [0.25, 0.3) is 0 Å². The molecule has 3 aliphatic rings. The van der Waals surface area contributed by atoms with E-state index in [0.29, 0.717) is 36.8 Å². The zero-order chi connectivity index (χ0) is 15.9. The van der Waals surface area contributed by atoms with Gasteiger partial charge in [0.05, 0.1) is 26.7 Å². The van der Waals surface area contributed by atoms with Crippen molar-refractivity contribution in [2.75, 3.05) is 14.2 Å². The molecule has 2 saturated carbocycles. The van der Waals surface area contributed by atoms with Crippen LogP contribution < -0.4 is 0 Å². The number of ether oxygens (including phenoxy) is 3. The van der Waals surface area contributed by atoms with Gasteiger partial charge in [-0.15, -0.1) is 0 Å². The summed E-state index contributed by atoms with van der Waals surface area (Å²) < 4.78 is 15.4. The van der Waals surface area contributed by atoms with Crippen molar-refractivity contribution in [3.63, 3.8) is 0 Å². The van der Waals surface area contributed by atoms with Crippen molar-refractivity contribution in [3.05, 3.63) is 23.7 Å². The molecule has 0 spiro atoms. The number of Topliss-reactive ketones (excluding diaryl/α,β-unsaturated/α-hetero) is 1. The van der Waals surface area contributed by atoms with Crippen molar-refractivity contribution < 1.29 is 28.6 Å². The standard InChI is InChI=1S/C16H18O6/c1-20-14(18)13-9-3-6-12(17)11-5-4-10(8-22-7-9)16(11,13)15(19)21-2/h7-8,11,13H,3-6H2,1-2H3/t11-,13+,16+/m1/s1. The monoisotopic (exact) mass is 306 g/mol. The third kappa shape index (κ3) is 1.76. The van der Waals surface area contributed by atoms with Gasteiger partial charge in [0.2, 0.25) is 0 Å². The SMILES string of the molecule is COC(=O)[C@@H]1C2=COC=C3CC[C@H](C(=O)CC2)[C@@]31C(=O)OC. The van der Waals surface area contributed by atoms with Gasteiger partial charge in [-0.25, -0.2) is 0 Å². The highest BCUT2D eigenvalue weighted by atomic mass is 16.5. The number of methoxy groups -OCH3 is 2. The van der Waals surface area contributed by atoms with E-state index in [1.54, 1.807) is 0 Å². The molecule has 1 heterocycles. The fourth-order valence-corrected chi connectivity index (χ4v) is 4.14. The highest BCUT2D eigenvalue weighted by molar-refractivity contribution is 5.98. The Morgan fingerprint density at radius 3 is 2.64 bits per heavy atom. The van der Waals surface area contributed by atoms with Crippen LogP contribution in [-0.2, 0) is 28.6 Å². The second kappa shape index (κ2) is 5.26. The quantitative estimate of drug-likeness (QED) is 0.719. The van der Waals surface area contributed by atoms with Crippen molar-refractivity contribution in [2.24, 2.45) is 17.3 Å². The molecule has 6 nitrogen and oxygen atoms in total. The Morgan fingerprint density at radius 2 is 1.95 bits per heavy atom. The molecule has 6 heteroatoms. The van der Waals surface area contributed by atoms with E-state index >= 15 is 0 Å². The first-order chi connectivity index (χ1) is 10.6. The molecule has 22 heavy (non-hydrogen) atoms. The lowest BCUT2D eigenvalue weighted by atomic mass is 9.64. The van der Waals surface area contributed by atoms with Crippen molar-refractivity contribution >= 4 is 17.7 Å². The van der Waals surface area contributed by atoms with Crippen molar-refractivity contribution in [1.82, 2.24) is 0 Å². The largest absolute Gasteiger partial charge is 0.473 e. The number of carbonyl (C=O) groups is 3. The number of fused-ring (bicyclic) bond motifs is 1. The maximum atomic E-state index is 12.7. The summed E-state index contributed by atoms with van der Waals surface area (Å²) in [5.74, 6) is -2.54. The highest BCUT2D eigenvalue weighted by Crippen LogP contribution is 2.59. The first-order valence-electron chi connectivity index (χ1n) is 7.30. The summed E-state index contributed by atoms with van der Waals surface area (Å²) in [6, 6.07) is 0. The second-order valence-corrected chi connectivity index (χ2v) is 5.85. The van der Waals surface area contributed by atoms with Crippen LogP contribution in [0, 0.1) is 17.3 Å². The maximum absolute atomic E-state index is 12.7. The number of esters is 2. The number of hydrogen-bond donors (Lipinski definition) is 0. The normalized spacial score (nSPS) is 32.9. The molecule has 0 amide bonds. The molecular weight excluding hydrogens is 288 g/mol. The van der Waals surface area contributed by atoms with Crippen molar-refractivity contribution in [2.45, 2.75) is 25.7 Å². The van der Waals surface area contributed by atoms with E-state index in [9.17, 15) is 14.4 Å². The molecule has 0 aromatic carbocycles. The molecule has 2 aliphatic carbocycles. The Morgan fingerprint density at radius 1 is 1.18 bits per heavy atom. The molecule has 3 atom stereocenters. The van der Waals surface area contributed by atoms with Gasteiger partial charge in [0.1, 0.15) is 17.1 Å². The molecule has 2 bridgehead atoms. The van der Waals surface area contributed by atoms with Crippen LogP contribution in [0.15, 0.2) is 23.7 Å². The van der Waals surface area contributed by atoms with Gasteiger partial charge in [0, 0.05) is 12.3 Å². The van der Waals surface area contributed by atoms with Gasteiger partial charge >= 0.3 is 11.9 Å². The molecule has 0 aromatic heterocycles. The summed E-state index contributed by atoms with van der Waals surface area (Å²) in [6.45, 7) is 0. The molecule has 0 saturated heterocycles. The lowest BCUT2D eigenvalue weighted by Gasteiger charge is -2.36. The van der Waals surface area contributed by atoms with Crippen LogP contribution in [0.3, 0.4) is 0 Å². The summed E-state index contributed by atoms with van der Waals surface area (Å²) in [7, 11) is 2.56. The molecule has 2 fully saturated rings. The van der Waals surface area contributed by atoms with E-state index in [0.717, 1.165) is 0 Å². The van der Waals surface area contributed by atoms with Crippen LogP contribution in [0.5, 0.6) is 0 Å². The highest BCUT2D eigenvalue weighted by Gasteiger charge is 2.65. The lowest BCUT2D eigenvalue weighted by molar-refractivity contribution is -0.165. The lowest BCUT2D eigenvalue weighted by Crippen LogP contribution is -2.49. The Hall–Kier alpha value is -2.11. The van der Waals surface area contributed by atoms with Crippen LogP contribution in [0.4, 0.5) is 0 Å². The molecule has 118 valence electrons.